The maximum atomic E-state index is 5.53. The van der Waals surface area contributed by atoms with Gasteiger partial charge in [0.15, 0.2) is 11.0 Å². The van der Waals surface area contributed by atoms with Crippen molar-refractivity contribution in [2.75, 3.05) is 12.8 Å². The summed E-state index contributed by atoms with van der Waals surface area (Å²) in [6, 6.07) is 0. The van der Waals surface area contributed by atoms with Crippen LogP contribution in [0.25, 0.3) is 0 Å². The Morgan fingerprint density at radius 3 is 3.00 bits per heavy atom. The second-order valence-electron chi connectivity index (χ2n) is 3.28. The van der Waals surface area contributed by atoms with E-state index in [2.05, 4.69) is 15.1 Å². The van der Waals surface area contributed by atoms with E-state index in [-0.39, 0.29) is 6.10 Å². The van der Waals surface area contributed by atoms with Gasteiger partial charge in [-0.3, -0.25) is 0 Å². The minimum atomic E-state index is -0.169. The predicted octanol–water partition coefficient (Wildman–Crippen LogP) is 1.41. The van der Waals surface area contributed by atoms with Crippen LogP contribution in [0.1, 0.15) is 30.4 Å². The molecule has 86 valence electrons. The fourth-order valence-corrected chi connectivity index (χ4v) is 1.73. The molecule has 2 N–H and O–H groups in total. The molecule has 0 fully saturated rings. The lowest BCUT2D eigenvalue weighted by atomic mass is 10.3. The zero-order valence-electron chi connectivity index (χ0n) is 9.01. The van der Waals surface area contributed by atoms with Crippen molar-refractivity contribution in [3.05, 3.63) is 22.8 Å². The molecule has 0 spiro atoms. The zero-order chi connectivity index (χ0) is 11.5. The van der Waals surface area contributed by atoms with E-state index in [1.165, 1.54) is 11.3 Å². The normalized spacial score (nSPS) is 12.9. The largest absolute Gasteiger partial charge is 0.375 e. The third-order valence-electron chi connectivity index (χ3n) is 2.10. The molecule has 2 rings (SSSR count). The maximum absolute atomic E-state index is 5.53. The van der Waals surface area contributed by atoms with Crippen molar-refractivity contribution in [1.29, 1.82) is 0 Å². The van der Waals surface area contributed by atoms with E-state index in [1.54, 1.807) is 7.11 Å². The predicted molar refractivity (Wildman–Crippen MR) is 59.1 cm³/mol. The first kappa shape index (κ1) is 11.0. The van der Waals surface area contributed by atoms with Gasteiger partial charge in [-0.05, 0) is 6.92 Å². The van der Waals surface area contributed by atoms with Gasteiger partial charge in [0, 0.05) is 12.5 Å². The summed E-state index contributed by atoms with van der Waals surface area (Å²) in [5.41, 5.74) is 6.36. The molecule has 6 nitrogen and oxygen atoms in total. The SMILES string of the molecule is COC(C)c1noc(Cc2csc(N)n2)n1. The molecular formula is C9H12N4O2S. The van der Waals surface area contributed by atoms with Gasteiger partial charge >= 0.3 is 0 Å². The Morgan fingerprint density at radius 1 is 1.56 bits per heavy atom. The molecule has 0 saturated carbocycles. The topological polar surface area (TPSA) is 87.1 Å². The van der Waals surface area contributed by atoms with Crippen LogP contribution in [0, 0.1) is 0 Å². The van der Waals surface area contributed by atoms with Crippen molar-refractivity contribution < 1.29 is 9.26 Å². The first-order valence-electron chi connectivity index (χ1n) is 4.74. The molecule has 2 heterocycles. The first-order chi connectivity index (χ1) is 7.69. The van der Waals surface area contributed by atoms with Gasteiger partial charge in [-0.2, -0.15) is 4.98 Å². The van der Waals surface area contributed by atoms with Gasteiger partial charge in [0.1, 0.15) is 6.10 Å². The number of rotatable bonds is 4. The third-order valence-corrected chi connectivity index (χ3v) is 2.83. The summed E-state index contributed by atoms with van der Waals surface area (Å²) in [6.45, 7) is 1.86. The second kappa shape index (κ2) is 4.58. The molecule has 0 saturated heterocycles. The van der Waals surface area contributed by atoms with Gasteiger partial charge in [-0.25, -0.2) is 4.98 Å². The Labute approximate surface area is 96.4 Å². The Balaban J connectivity index is 2.08. The lowest BCUT2D eigenvalue weighted by Gasteiger charge is -2.00. The summed E-state index contributed by atoms with van der Waals surface area (Å²) in [4.78, 5) is 8.32. The monoisotopic (exact) mass is 240 g/mol. The highest BCUT2D eigenvalue weighted by molar-refractivity contribution is 7.13. The van der Waals surface area contributed by atoms with Gasteiger partial charge < -0.3 is 15.0 Å². The minimum Gasteiger partial charge on any atom is -0.375 e. The molecule has 2 aromatic rings. The number of thiazole rings is 1. The molecule has 1 atom stereocenters. The zero-order valence-corrected chi connectivity index (χ0v) is 9.82. The van der Waals surface area contributed by atoms with E-state index in [4.69, 9.17) is 15.0 Å². The number of anilines is 1. The van der Waals surface area contributed by atoms with E-state index in [1.807, 2.05) is 12.3 Å². The van der Waals surface area contributed by atoms with E-state index >= 15 is 0 Å². The molecule has 16 heavy (non-hydrogen) atoms. The van der Waals surface area contributed by atoms with Crippen molar-refractivity contribution in [2.45, 2.75) is 19.4 Å². The summed E-state index contributed by atoms with van der Waals surface area (Å²) < 4.78 is 10.2. The van der Waals surface area contributed by atoms with Gasteiger partial charge in [0.2, 0.25) is 5.89 Å². The van der Waals surface area contributed by atoms with Crippen LogP contribution in [-0.2, 0) is 11.2 Å². The van der Waals surface area contributed by atoms with E-state index in [0.29, 0.717) is 23.3 Å². The molecular weight excluding hydrogens is 228 g/mol. The number of ether oxygens (including phenoxy) is 1. The van der Waals surface area contributed by atoms with Crippen LogP contribution in [0.5, 0.6) is 0 Å². The van der Waals surface area contributed by atoms with Gasteiger partial charge in [-0.15, -0.1) is 11.3 Å². The number of hydrogen-bond acceptors (Lipinski definition) is 7. The van der Waals surface area contributed by atoms with Crippen LogP contribution < -0.4 is 5.73 Å². The highest BCUT2D eigenvalue weighted by Gasteiger charge is 2.13. The fraction of sp³-hybridized carbons (Fsp3) is 0.444. The van der Waals surface area contributed by atoms with Crippen molar-refractivity contribution in [1.82, 2.24) is 15.1 Å². The Bertz CT molecular complexity index is 468. The van der Waals surface area contributed by atoms with Gasteiger partial charge in [0.25, 0.3) is 0 Å². The van der Waals surface area contributed by atoms with Crippen LogP contribution >= 0.6 is 11.3 Å². The van der Waals surface area contributed by atoms with Gasteiger partial charge in [0.05, 0.1) is 12.1 Å². The third kappa shape index (κ3) is 2.37. The van der Waals surface area contributed by atoms with E-state index < -0.39 is 0 Å². The van der Waals surface area contributed by atoms with Crippen LogP contribution in [0.15, 0.2) is 9.90 Å². The molecule has 0 radical (unpaired) electrons. The number of nitrogens with zero attached hydrogens (tertiary/aromatic N) is 3. The molecule has 1 unspecified atom stereocenters. The molecule has 0 aliphatic carbocycles. The smallest absolute Gasteiger partial charge is 0.232 e. The summed E-state index contributed by atoms with van der Waals surface area (Å²) in [5, 5.41) is 6.24. The van der Waals surface area contributed by atoms with Gasteiger partial charge in [-0.1, -0.05) is 5.16 Å². The number of aromatic nitrogens is 3. The van der Waals surface area contributed by atoms with Crippen LogP contribution in [0.3, 0.4) is 0 Å². The molecule has 0 bridgehead atoms. The number of nitrogens with two attached hydrogens (primary N) is 1. The number of hydrogen-bond donors (Lipinski definition) is 1. The van der Waals surface area contributed by atoms with Crippen LogP contribution in [0.2, 0.25) is 0 Å². The maximum Gasteiger partial charge on any atom is 0.232 e. The minimum absolute atomic E-state index is 0.169. The molecule has 0 aliphatic rings. The molecule has 2 aromatic heterocycles. The van der Waals surface area contributed by atoms with Crippen LogP contribution in [-0.4, -0.2) is 22.2 Å². The van der Waals surface area contributed by atoms with Crippen molar-refractivity contribution in [3.63, 3.8) is 0 Å². The van der Waals surface area contributed by atoms with E-state index in [0.717, 1.165) is 5.69 Å². The Morgan fingerprint density at radius 2 is 2.38 bits per heavy atom. The summed E-state index contributed by atoms with van der Waals surface area (Å²) >= 11 is 1.39. The van der Waals surface area contributed by atoms with Crippen molar-refractivity contribution in [3.8, 4) is 0 Å². The van der Waals surface area contributed by atoms with Crippen molar-refractivity contribution >= 4 is 16.5 Å². The fourth-order valence-electron chi connectivity index (χ4n) is 1.17. The van der Waals surface area contributed by atoms with Crippen LogP contribution in [0.4, 0.5) is 5.13 Å². The highest BCUT2D eigenvalue weighted by Crippen LogP contribution is 2.16. The lowest BCUT2D eigenvalue weighted by Crippen LogP contribution is -1.98. The molecule has 7 heteroatoms. The Kier molecular flexibility index (Phi) is 3.16. The highest BCUT2D eigenvalue weighted by atomic mass is 32.1. The molecule has 0 amide bonds. The molecule has 0 aromatic carbocycles. The number of nitrogen functional groups attached to an aromatic ring is 1. The quantitative estimate of drug-likeness (QED) is 0.869. The summed E-state index contributed by atoms with van der Waals surface area (Å²) in [7, 11) is 1.60. The van der Waals surface area contributed by atoms with Crippen molar-refractivity contribution in [2.24, 2.45) is 0 Å². The lowest BCUT2D eigenvalue weighted by molar-refractivity contribution is 0.109. The summed E-state index contributed by atoms with van der Waals surface area (Å²) in [5.74, 6) is 1.06. The second-order valence-corrected chi connectivity index (χ2v) is 4.17. The Hall–Kier alpha value is -1.47. The average Bonchev–Trinajstić information content (AvgIpc) is 2.87. The standard InChI is InChI=1S/C9H12N4O2S/c1-5(14-2)8-12-7(15-13-8)3-6-4-16-9(10)11-6/h4-5H,3H2,1-2H3,(H2,10,11). The first-order valence-corrected chi connectivity index (χ1v) is 5.62. The average molecular weight is 240 g/mol. The van der Waals surface area contributed by atoms with E-state index in [9.17, 15) is 0 Å². The summed E-state index contributed by atoms with van der Waals surface area (Å²) in [6.07, 6.45) is 0.329. The number of methoxy groups -OCH3 is 1. The molecule has 0 aliphatic heterocycles.